The molecule has 23 heavy (non-hydrogen) atoms. The first kappa shape index (κ1) is 14.7. The quantitative estimate of drug-likeness (QED) is 0.921. The Morgan fingerprint density at radius 2 is 1.83 bits per heavy atom. The van der Waals surface area contributed by atoms with Gasteiger partial charge in [-0.2, -0.15) is 4.31 Å². The fourth-order valence-electron chi connectivity index (χ4n) is 3.80. The van der Waals surface area contributed by atoms with E-state index in [4.69, 9.17) is 0 Å². The standard InChI is InChI=1S/C18H20N2O2S/c1-13-7-9-14(10-8-13)23(21,22)20-12-11-18(2)15-5-3-4-6-16(15)19-17(18)20/h3-10,17,19H,11-12H2,1-2H3/t17-,18-/m0/s1. The minimum atomic E-state index is -3.49. The summed E-state index contributed by atoms with van der Waals surface area (Å²) in [6, 6.07) is 15.2. The van der Waals surface area contributed by atoms with Crippen molar-refractivity contribution >= 4 is 15.7 Å². The van der Waals surface area contributed by atoms with Gasteiger partial charge in [0.1, 0.15) is 6.17 Å². The maximum Gasteiger partial charge on any atom is 0.244 e. The predicted molar refractivity (Wildman–Crippen MR) is 90.9 cm³/mol. The van der Waals surface area contributed by atoms with Gasteiger partial charge in [0.05, 0.1) is 4.90 Å². The molecule has 120 valence electrons. The van der Waals surface area contributed by atoms with E-state index in [0.29, 0.717) is 11.4 Å². The minimum absolute atomic E-state index is 0.172. The Balaban J connectivity index is 1.74. The van der Waals surface area contributed by atoms with Gasteiger partial charge in [-0.3, -0.25) is 0 Å². The molecule has 4 rings (SSSR count). The van der Waals surface area contributed by atoms with Crippen molar-refractivity contribution in [3.63, 3.8) is 0 Å². The number of benzene rings is 2. The molecule has 1 saturated heterocycles. The SMILES string of the molecule is Cc1ccc(S(=O)(=O)N2CC[C@@]3(C)c4ccccc4N[C@@H]23)cc1. The number of hydrogen-bond donors (Lipinski definition) is 1. The van der Waals surface area contributed by atoms with E-state index in [1.54, 1.807) is 16.4 Å². The summed E-state index contributed by atoms with van der Waals surface area (Å²) in [5.41, 5.74) is 3.14. The zero-order valence-corrected chi connectivity index (χ0v) is 14.1. The first-order valence-corrected chi connectivity index (χ1v) is 9.31. The average Bonchev–Trinajstić information content (AvgIpc) is 3.00. The van der Waals surface area contributed by atoms with Crippen molar-refractivity contribution in [2.75, 3.05) is 11.9 Å². The highest BCUT2D eigenvalue weighted by Gasteiger charge is 2.54. The second-order valence-electron chi connectivity index (χ2n) is 6.69. The highest BCUT2D eigenvalue weighted by Crippen LogP contribution is 2.49. The van der Waals surface area contributed by atoms with E-state index >= 15 is 0 Å². The summed E-state index contributed by atoms with van der Waals surface area (Å²) in [7, 11) is -3.49. The van der Waals surface area contributed by atoms with E-state index in [9.17, 15) is 8.42 Å². The normalized spacial score (nSPS) is 26.6. The van der Waals surface area contributed by atoms with Gasteiger partial charge in [-0.25, -0.2) is 8.42 Å². The number of aryl methyl sites for hydroxylation is 1. The van der Waals surface area contributed by atoms with Crippen LogP contribution in [0.1, 0.15) is 24.5 Å². The van der Waals surface area contributed by atoms with E-state index in [0.717, 1.165) is 17.7 Å². The number of rotatable bonds is 2. The average molecular weight is 328 g/mol. The summed E-state index contributed by atoms with van der Waals surface area (Å²) in [6.45, 7) is 4.65. The molecule has 5 heteroatoms. The van der Waals surface area contributed by atoms with Crippen LogP contribution >= 0.6 is 0 Å². The molecule has 0 unspecified atom stereocenters. The Morgan fingerprint density at radius 1 is 1.13 bits per heavy atom. The molecule has 0 aliphatic carbocycles. The molecule has 0 spiro atoms. The molecule has 0 radical (unpaired) electrons. The number of fused-ring (bicyclic) bond motifs is 3. The van der Waals surface area contributed by atoms with Crippen LogP contribution < -0.4 is 5.32 Å². The molecule has 2 aliphatic heterocycles. The van der Waals surface area contributed by atoms with Crippen molar-refractivity contribution in [3.8, 4) is 0 Å². The van der Waals surface area contributed by atoms with Crippen LogP contribution in [0.3, 0.4) is 0 Å². The molecule has 0 bridgehead atoms. The molecule has 2 aromatic carbocycles. The van der Waals surface area contributed by atoms with Crippen molar-refractivity contribution < 1.29 is 8.42 Å². The third-order valence-corrected chi connectivity index (χ3v) is 7.08. The zero-order chi connectivity index (χ0) is 16.2. The Labute approximate surface area is 137 Å². The van der Waals surface area contributed by atoms with Gasteiger partial charge in [-0.15, -0.1) is 0 Å². The van der Waals surface area contributed by atoms with E-state index in [-0.39, 0.29) is 11.6 Å². The van der Waals surface area contributed by atoms with Crippen LogP contribution in [-0.4, -0.2) is 25.4 Å². The van der Waals surface area contributed by atoms with Gasteiger partial charge in [0.2, 0.25) is 10.0 Å². The van der Waals surface area contributed by atoms with E-state index < -0.39 is 10.0 Å². The van der Waals surface area contributed by atoms with Gasteiger partial charge >= 0.3 is 0 Å². The van der Waals surface area contributed by atoms with Gasteiger partial charge in [-0.05, 0) is 37.1 Å². The second kappa shape index (κ2) is 4.82. The third-order valence-electron chi connectivity index (χ3n) is 5.21. The van der Waals surface area contributed by atoms with Crippen molar-refractivity contribution in [1.29, 1.82) is 0 Å². The molecule has 2 atom stereocenters. The number of nitrogens with one attached hydrogen (secondary N) is 1. The molecule has 2 aromatic rings. The molecule has 1 fully saturated rings. The monoisotopic (exact) mass is 328 g/mol. The van der Waals surface area contributed by atoms with Crippen molar-refractivity contribution in [2.45, 2.75) is 36.7 Å². The highest BCUT2D eigenvalue weighted by molar-refractivity contribution is 7.89. The number of para-hydroxylation sites is 1. The summed E-state index contributed by atoms with van der Waals surface area (Å²) in [4.78, 5) is 0.366. The Hall–Kier alpha value is -1.85. The van der Waals surface area contributed by atoms with Crippen LogP contribution in [0.15, 0.2) is 53.4 Å². The summed E-state index contributed by atoms with van der Waals surface area (Å²) >= 11 is 0. The van der Waals surface area contributed by atoms with Gasteiger partial charge < -0.3 is 5.32 Å². The van der Waals surface area contributed by atoms with Gasteiger partial charge in [-0.1, -0.05) is 42.8 Å². The smallest absolute Gasteiger partial charge is 0.244 e. The van der Waals surface area contributed by atoms with Crippen LogP contribution in [0.25, 0.3) is 0 Å². The van der Waals surface area contributed by atoms with Crippen molar-refractivity contribution in [1.82, 2.24) is 4.31 Å². The van der Waals surface area contributed by atoms with Crippen LogP contribution in [-0.2, 0) is 15.4 Å². The third kappa shape index (κ3) is 2.03. The van der Waals surface area contributed by atoms with E-state index in [1.165, 1.54) is 5.56 Å². The van der Waals surface area contributed by atoms with Gasteiger partial charge in [0, 0.05) is 17.6 Å². The topological polar surface area (TPSA) is 49.4 Å². The minimum Gasteiger partial charge on any atom is -0.368 e. The number of anilines is 1. The van der Waals surface area contributed by atoms with Crippen LogP contribution in [0.4, 0.5) is 5.69 Å². The lowest BCUT2D eigenvalue weighted by molar-refractivity contribution is 0.361. The Kier molecular flexibility index (Phi) is 3.09. The van der Waals surface area contributed by atoms with Crippen LogP contribution in [0, 0.1) is 6.92 Å². The van der Waals surface area contributed by atoms with E-state index in [1.807, 2.05) is 37.3 Å². The van der Waals surface area contributed by atoms with E-state index in [2.05, 4.69) is 18.3 Å². The molecule has 2 aliphatic rings. The summed E-state index contributed by atoms with van der Waals surface area (Å²) in [5, 5.41) is 3.42. The lowest BCUT2D eigenvalue weighted by atomic mass is 9.82. The molecule has 0 amide bonds. The summed E-state index contributed by atoms with van der Waals surface area (Å²) < 4.78 is 27.8. The van der Waals surface area contributed by atoms with Crippen LogP contribution in [0.2, 0.25) is 0 Å². The van der Waals surface area contributed by atoms with Gasteiger partial charge in [0.15, 0.2) is 0 Å². The lowest BCUT2D eigenvalue weighted by Crippen LogP contribution is -2.44. The number of hydrogen-bond acceptors (Lipinski definition) is 3. The molecule has 4 nitrogen and oxygen atoms in total. The lowest BCUT2D eigenvalue weighted by Gasteiger charge is -2.29. The largest absolute Gasteiger partial charge is 0.368 e. The number of nitrogens with zero attached hydrogens (tertiary/aromatic N) is 1. The van der Waals surface area contributed by atoms with Gasteiger partial charge in [0.25, 0.3) is 0 Å². The fourth-order valence-corrected chi connectivity index (χ4v) is 5.44. The van der Waals surface area contributed by atoms with Crippen LogP contribution in [0.5, 0.6) is 0 Å². The molecule has 1 N–H and O–H groups in total. The highest BCUT2D eigenvalue weighted by atomic mass is 32.2. The molecule has 0 aromatic heterocycles. The molecule has 2 heterocycles. The Morgan fingerprint density at radius 3 is 2.57 bits per heavy atom. The zero-order valence-electron chi connectivity index (χ0n) is 13.3. The molecular weight excluding hydrogens is 308 g/mol. The fraction of sp³-hybridized carbons (Fsp3) is 0.333. The Bertz CT molecular complexity index is 861. The molecular formula is C18H20N2O2S. The summed E-state index contributed by atoms with van der Waals surface area (Å²) in [5.74, 6) is 0. The first-order chi connectivity index (χ1) is 10.9. The van der Waals surface area contributed by atoms with Crippen molar-refractivity contribution in [3.05, 3.63) is 59.7 Å². The maximum atomic E-state index is 13.1. The maximum absolute atomic E-state index is 13.1. The first-order valence-electron chi connectivity index (χ1n) is 7.87. The molecule has 0 saturated carbocycles. The van der Waals surface area contributed by atoms with Crippen molar-refractivity contribution in [2.24, 2.45) is 0 Å². The predicted octanol–water partition coefficient (Wildman–Crippen LogP) is 3.10. The second-order valence-corrected chi connectivity index (χ2v) is 8.58. The summed E-state index contributed by atoms with van der Waals surface area (Å²) in [6.07, 6.45) is 0.610. The number of sulfonamides is 1.